The molecule has 0 aliphatic carbocycles. The fraction of sp³-hybridized carbons (Fsp3) is 0.467. The first-order chi connectivity index (χ1) is 9.11. The zero-order chi connectivity index (χ0) is 13.8. The molecule has 4 nitrogen and oxygen atoms in total. The molecule has 0 amide bonds. The lowest BCUT2D eigenvalue weighted by molar-refractivity contribution is -0.124. The van der Waals surface area contributed by atoms with Gasteiger partial charge in [0, 0.05) is 11.9 Å². The number of hydrogen-bond donors (Lipinski definition) is 0. The molecule has 0 N–H and O–H groups in total. The van der Waals surface area contributed by atoms with E-state index < -0.39 is 0 Å². The summed E-state index contributed by atoms with van der Waals surface area (Å²) in [6.45, 7) is 6.86. The van der Waals surface area contributed by atoms with E-state index in [1.807, 2.05) is 49.7 Å². The second-order valence-electron chi connectivity index (χ2n) is 4.85. The van der Waals surface area contributed by atoms with Crippen LogP contribution in [0, 0.1) is 0 Å². The van der Waals surface area contributed by atoms with Crippen LogP contribution in [0.2, 0.25) is 0 Å². The molecule has 4 heteroatoms. The summed E-state index contributed by atoms with van der Waals surface area (Å²) in [5.74, 6) is 0.0696. The number of carbonyl (C=O) groups excluding carboxylic acids is 1. The van der Waals surface area contributed by atoms with Crippen molar-refractivity contribution in [1.29, 1.82) is 0 Å². The van der Waals surface area contributed by atoms with Crippen molar-refractivity contribution in [3.8, 4) is 0 Å². The molecule has 0 aliphatic rings. The van der Waals surface area contributed by atoms with Crippen molar-refractivity contribution in [3.63, 3.8) is 0 Å². The fourth-order valence-corrected chi connectivity index (χ4v) is 2.07. The van der Waals surface area contributed by atoms with Crippen LogP contribution in [-0.2, 0) is 22.5 Å². The molecular formula is C15H20N2O2. The van der Waals surface area contributed by atoms with E-state index in [1.54, 1.807) is 0 Å². The Kier molecular flexibility index (Phi) is 4.32. The summed E-state index contributed by atoms with van der Waals surface area (Å²) in [6.07, 6.45) is 0.411. The Morgan fingerprint density at radius 3 is 2.79 bits per heavy atom. The second kappa shape index (κ2) is 5.97. The average molecular weight is 260 g/mol. The first-order valence-electron chi connectivity index (χ1n) is 6.69. The first-order valence-corrected chi connectivity index (χ1v) is 6.69. The Labute approximate surface area is 113 Å². The van der Waals surface area contributed by atoms with Gasteiger partial charge in [-0.05, 0) is 26.8 Å². The predicted octanol–water partition coefficient (Wildman–Crippen LogP) is 2.59. The van der Waals surface area contributed by atoms with Crippen LogP contribution in [0.4, 0.5) is 0 Å². The monoisotopic (exact) mass is 260 g/mol. The number of ether oxygens (including phenoxy) is 1. The van der Waals surface area contributed by atoms with Gasteiger partial charge in [-0.25, -0.2) is 0 Å². The minimum atomic E-state index is 0.0696. The maximum absolute atomic E-state index is 11.9. The minimum Gasteiger partial charge on any atom is -0.371 e. The summed E-state index contributed by atoms with van der Waals surface area (Å²) >= 11 is 0. The molecular weight excluding hydrogens is 240 g/mol. The normalized spacial score (nSPS) is 11.4. The molecule has 0 fully saturated rings. The number of rotatable bonds is 6. The number of Topliss-reactive ketones (excluding diaryl/α,β-unsaturated/α-hetero) is 1. The van der Waals surface area contributed by atoms with Gasteiger partial charge in [0.15, 0.2) is 5.78 Å². The SMILES string of the molecule is CCn1nc(CC(=O)COC(C)C)c2ccccc21. The number of aromatic nitrogens is 2. The third kappa shape index (κ3) is 3.20. The highest BCUT2D eigenvalue weighted by Gasteiger charge is 2.13. The number of carbonyl (C=O) groups is 1. The van der Waals surface area contributed by atoms with Crippen molar-refractivity contribution >= 4 is 16.7 Å². The van der Waals surface area contributed by atoms with Gasteiger partial charge in [0.25, 0.3) is 0 Å². The number of aryl methyl sites for hydroxylation is 1. The summed E-state index contributed by atoms with van der Waals surface area (Å²) < 4.78 is 7.27. The van der Waals surface area contributed by atoms with Crippen molar-refractivity contribution in [2.75, 3.05) is 6.61 Å². The number of nitrogens with zero attached hydrogens (tertiary/aromatic N) is 2. The van der Waals surface area contributed by atoms with Crippen molar-refractivity contribution in [2.24, 2.45) is 0 Å². The van der Waals surface area contributed by atoms with E-state index in [0.717, 1.165) is 23.1 Å². The molecule has 2 aromatic rings. The Bertz CT molecular complexity index is 573. The largest absolute Gasteiger partial charge is 0.371 e. The van der Waals surface area contributed by atoms with Gasteiger partial charge < -0.3 is 4.74 Å². The van der Waals surface area contributed by atoms with E-state index in [1.165, 1.54) is 0 Å². The molecule has 2 rings (SSSR count). The quantitative estimate of drug-likeness (QED) is 0.802. The zero-order valence-corrected chi connectivity index (χ0v) is 11.7. The van der Waals surface area contributed by atoms with Crippen LogP contribution in [0.5, 0.6) is 0 Å². The molecule has 0 bridgehead atoms. The third-order valence-corrected chi connectivity index (χ3v) is 2.98. The molecule has 0 spiro atoms. The van der Waals surface area contributed by atoms with Crippen molar-refractivity contribution in [3.05, 3.63) is 30.0 Å². The molecule has 0 aliphatic heterocycles. The summed E-state index contributed by atoms with van der Waals surface area (Å²) in [5, 5.41) is 5.57. The predicted molar refractivity (Wildman–Crippen MR) is 75.2 cm³/mol. The number of benzene rings is 1. The maximum atomic E-state index is 11.9. The van der Waals surface area contributed by atoms with Crippen LogP contribution < -0.4 is 0 Å². The molecule has 0 atom stereocenters. The lowest BCUT2D eigenvalue weighted by Crippen LogP contribution is -2.15. The fourth-order valence-electron chi connectivity index (χ4n) is 2.07. The lowest BCUT2D eigenvalue weighted by Gasteiger charge is -2.05. The van der Waals surface area contributed by atoms with Crippen LogP contribution in [0.15, 0.2) is 24.3 Å². The zero-order valence-electron chi connectivity index (χ0n) is 11.7. The van der Waals surface area contributed by atoms with Crippen LogP contribution in [0.1, 0.15) is 26.5 Å². The molecule has 0 saturated carbocycles. The molecule has 0 saturated heterocycles. The van der Waals surface area contributed by atoms with Crippen molar-refractivity contribution < 1.29 is 9.53 Å². The third-order valence-electron chi connectivity index (χ3n) is 2.98. The molecule has 0 radical (unpaired) electrons. The summed E-state index contributed by atoms with van der Waals surface area (Å²) in [6, 6.07) is 8.01. The molecule has 0 unspecified atom stereocenters. The van der Waals surface area contributed by atoms with Gasteiger partial charge in [0.05, 0.1) is 23.7 Å². The van der Waals surface area contributed by atoms with Gasteiger partial charge in [-0.15, -0.1) is 0 Å². The Morgan fingerprint density at radius 2 is 2.11 bits per heavy atom. The topological polar surface area (TPSA) is 44.1 Å². The van der Waals surface area contributed by atoms with Crippen LogP contribution in [0.3, 0.4) is 0 Å². The first kappa shape index (κ1) is 13.7. The van der Waals surface area contributed by atoms with Gasteiger partial charge in [0.2, 0.25) is 0 Å². The summed E-state index contributed by atoms with van der Waals surface area (Å²) in [7, 11) is 0. The molecule has 102 valence electrons. The minimum absolute atomic E-state index is 0.0696. The standard InChI is InChI=1S/C15H20N2O2/c1-4-17-15-8-6-5-7-13(15)14(16-17)9-12(18)10-19-11(2)3/h5-8,11H,4,9-10H2,1-3H3. The van der Waals surface area contributed by atoms with Gasteiger partial charge in [-0.3, -0.25) is 9.48 Å². The molecule has 1 aromatic heterocycles. The number of para-hydroxylation sites is 1. The van der Waals surface area contributed by atoms with E-state index in [-0.39, 0.29) is 18.5 Å². The summed E-state index contributed by atoms with van der Waals surface area (Å²) in [5.41, 5.74) is 1.92. The highest BCUT2D eigenvalue weighted by atomic mass is 16.5. The Balaban J connectivity index is 2.18. The van der Waals surface area contributed by atoms with E-state index in [9.17, 15) is 4.79 Å². The van der Waals surface area contributed by atoms with Gasteiger partial charge in [-0.2, -0.15) is 5.10 Å². The van der Waals surface area contributed by atoms with Gasteiger partial charge in [-0.1, -0.05) is 18.2 Å². The van der Waals surface area contributed by atoms with Crippen LogP contribution in [-0.4, -0.2) is 28.3 Å². The van der Waals surface area contributed by atoms with Crippen molar-refractivity contribution in [1.82, 2.24) is 9.78 Å². The van der Waals surface area contributed by atoms with Crippen LogP contribution in [0.25, 0.3) is 10.9 Å². The Hall–Kier alpha value is -1.68. The maximum Gasteiger partial charge on any atom is 0.164 e. The smallest absolute Gasteiger partial charge is 0.164 e. The van der Waals surface area contributed by atoms with E-state index >= 15 is 0 Å². The van der Waals surface area contributed by atoms with E-state index in [2.05, 4.69) is 5.10 Å². The van der Waals surface area contributed by atoms with Crippen LogP contribution >= 0.6 is 0 Å². The molecule has 1 aromatic carbocycles. The number of hydrogen-bond acceptors (Lipinski definition) is 3. The number of fused-ring (bicyclic) bond motifs is 1. The second-order valence-corrected chi connectivity index (χ2v) is 4.85. The average Bonchev–Trinajstić information content (AvgIpc) is 2.75. The van der Waals surface area contributed by atoms with E-state index in [0.29, 0.717) is 6.42 Å². The van der Waals surface area contributed by atoms with E-state index in [4.69, 9.17) is 4.74 Å². The van der Waals surface area contributed by atoms with Gasteiger partial charge >= 0.3 is 0 Å². The Morgan fingerprint density at radius 1 is 1.37 bits per heavy atom. The molecule has 1 heterocycles. The number of ketones is 1. The molecule has 19 heavy (non-hydrogen) atoms. The lowest BCUT2D eigenvalue weighted by atomic mass is 10.1. The summed E-state index contributed by atoms with van der Waals surface area (Å²) in [4.78, 5) is 11.9. The van der Waals surface area contributed by atoms with Crippen molar-refractivity contribution in [2.45, 2.75) is 39.8 Å². The highest BCUT2D eigenvalue weighted by Crippen LogP contribution is 2.19. The highest BCUT2D eigenvalue weighted by molar-refractivity contribution is 5.89. The van der Waals surface area contributed by atoms with Gasteiger partial charge in [0.1, 0.15) is 6.61 Å².